The van der Waals surface area contributed by atoms with E-state index in [9.17, 15) is 4.79 Å². The van der Waals surface area contributed by atoms with Gasteiger partial charge in [0, 0.05) is 37.8 Å². The van der Waals surface area contributed by atoms with Crippen LogP contribution in [0.25, 0.3) is 11.0 Å². The lowest BCUT2D eigenvalue weighted by Crippen LogP contribution is -2.49. The molecule has 0 saturated carbocycles. The van der Waals surface area contributed by atoms with Crippen molar-refractivity contribution in [2.24, 2.45) is 0 Å². The number of rotatable bonds is 2. The predicted octanol–water partition coefficient (Wildman–Crippen LogP) is 2.05. The second kappa shape index (κ2) is 5.92. The Hall–Kier alpha value is -2.54. The molecule has 3 heterocycles. The van der Waals surface area contributed by atoms with E-state index in [1.54, 1.807) is 17.5 Å². The number of piperazine rings is 1. The molecule has 0 N–H and O–H groups in total. The minimum atomic E-state index is -0.0537. The van der Waals surface area contributed by atoms with Crippen LogP contribution in [-0.2, 0) is 0 Å². The minimum Gasteiger partial charge on any atom is -0.345 e. The molecule has 1 aromatic carbocycles. The molecule has 1 saturated heterocycles. The van der Waals surface area contributed by atoms with Gasteiger partial charge in [0.25, 0.3) is 5.91 Å². The maximum Gasteiger partial charge on any atom is 0.274 e. The third-order valence-corrected chi connectivity index (χ3v) is 4.76. The maximum absolute atomic E-state index is 12.6. The summed E-state index contributed by atoms with van der Waals surface area (Å²) in [5.41, 5.74) is 1.96. The molecular formula is C16H15N5OS. The van der Waals surface area contributed by atoms with Crippen LogP contribution in [0.4, 0.5) is 5.13 Å². The number of hydrogen-bond donors (Lipinski definition) is 0. The minimum absolute atomic E-state index is 0.0537. The third kappa shape index (κ3) is 2.75. The topological polar surface area (TPSA) is 62.2 Å². The van der Waals surface area contributed by atoms with Crippen molar-refractivity contribution < 1.29 is 4.79 Å². The van der Waals surface area contributed by atoms with E-state index >= 15 is 0 Å². The standard InChI is InChI=1S/C16H15N5OS/c22-15(14-11-18-12-3-1-2-4-13(12)19-14)20-6-8-21(9-7-20)16-17-5-10-23-16/h1-5,10-11H,6-9H2. The van der Waals surface area contributed by atoms with Crippen LogP contribution < -0.4 is 4.90 Å². The lowest BCUT2D eigenvalue weighted by Gasteiger charge is -2.34. The highest BCUT2D eigenvalue weighted by molar-refractivity contribution is 7.13. The van der Waals surface area contributed by atoms with Crippen molar-refractivity contribution in [2.75, 3.05) is 31.1 Å². The molecule has 1 amide bonds. The molecule has 1 aliphatic heterocycles. The Labute approximate surface area is 137 Å². The number of amides is 1. The molecule has 4 rings (SSSR count). The van der Waals surface area contributed by atoms with Crippen LogP contribution >= 0.6 is 11.3 Å². The highest BCUT2D eigenvalue weighted by atomic mass is 32.1. The van der Waals surface area contributed by atoms with Gasteiger partial charge >= 0.3 is 0 Å². The van der Waals surface area contributed by atoms with Gasteiger partial charge in [-0.2, -0.15) is 0 Å². The van der Waals surface area contributed by atoms with Gasteiger partial charge in [0.15, 0.2) is 5.13 Å². The van der Waals surface area contributed by atoms with Gasteiger partial charge in [0.1, 0.15) is 5.69 Å². The first kappa shape index (κ1) is 14.1. The van der Waals surface area contributed by atoms with Gasteiger partial charge in [-0.05, 0) is 12.1 Å². The quantitative estimate of drug-likeness (QED) is 0.721. The zero-order valence-corrected chi connectivity index (χ0v) is 13.2. The van der Waals surface area contributed by atoms with Crippen molar-refractivity contribution in [3.63, 3.8) is 0 Å². The van der Waals surface area contributed by atoms with Crippen LogP contribution in [0, 0.1) is 0 Å². The van der Waals surface area contributed by atoms with Crippen LogP contribution in [0.2, 0.25) is 0 Å². The van der Waals surface area contributed by atoms with Crippen LogP contribution in [0.3, 0.4) is 0 Å². The van der Waals surface area contributed by atoms with Gasteiger partial charge in [0.05, 0.1) is 17.2 Å². The van der Waals surface area contributed by atoms with Crippen molar-refractivity contribution in [3.05, 3.63) is 47.7 Å². The van der Waals surface area contributed by atoms with Crippen molar-refractivity contribution >= 4 is 33.4 Å². The molecule has 2 aromatic heterocycles. The lowest BCUT2D eigenvalue weighted by molar-refractivity contribution is 0.0741. The zero-order valence-electron chi connectivity index (χ0n) is 12.4. The number of aromatic nitrogens is 3. The molecule has 7 heteroatoms. The van der Waals surface area contributed by atoms with Gasteiger partial charge < -0.3 is 9.80 Å². The monoisotopic (exact) mass is 325 g/mol. The molecule has 1 fully saturated rings. The fraction of sp³-hybridized carbons (Fsp3) is 0.250. The fourth-order valence-corrected chi connectivity index (χ4v) is 3.39. The van der Waals surface area contributed by atoms with Gasteiger partial charge in [-0.1, -0.05) is 12.1 Å². The molecule has 116 valence electrons. The molecule has 23 heavy (non-hydrogen) atoms. The number of anilines is 1. The van der Waals surface area contributed by atoms with Crippen molar-refractivity contribution in [1.29, 1.82) is 0 Å². The molecule has 0 atom stereocenters. The number of carbonyl (C=O) groups excluding carboxylic acids is 1. The molecule has 3 aromatic rings. The van der Waals surface area contributed by atoms with Gasteiger partial charge in [-0.3, -0.25) is 9.78 Å². The fourth-order valence-electron chi connectivity index (χ4n) is 2.70. The molecule has 0 bridgehead atoms. The first-order valence-electron chi connectivity index (χ1n) is 7.47. The van der Waals surface area contributed by atoms with E-state index in [0.29, 0.717) is 18.8 Å². The molecule has 0 radical (unpaired) electrons. The van der Waals surface area contributed by atoms with Gasteiger partial charge in [-0.25, -0.2) is 9.97 Å². The second-order valence-corrected chi connectivity index (χ2v) is 6.21. The Bertz CT molecular complexity index is 827. The van der Waals surface area contributed by atoms with Crippen LogP contribution in [0.1, 0.15) is 10.5 Å². The van der Waals surface area contributed by atoms with E-state index in [0.717, 1.165) is 29.3 Å². The Morgan fingerprint density at radius 2 is 1.83 bits per heavy atom. The highest BCUT2D eigenvalue weighted by Gasteiger charge is 2.24. The first-order chi connectivity index (χ1) is 11.3. The highest BCUT2D eigenvalue weighted by Crippen LogP contribution is 2.19. The molecule has 0 aliphatic carbocycles. The molecule has 0 spiro atoms. The third-order valence-electron chi connectivity index (χ3n) is 3.92. The van der Waals surface area contributed by atoms with E-state index in [1.807, 2.05) is 40.7 Å². The SMILES string of the molecule is O=C(c1cnc2ccccc2n1)N1CCN(c2nccs2)CC1. The van der Waals surface area contributed by atoms with E-state index in [1.165, 1.54) is 0 Å². The summed E-state index contributed by atoms with van der Waals surface area (Å²) in [5, 5.41) is 2.99. The number of thiazole rings is 1. The smallest absolute Gasteiger partial charge is 0.274 e. The number of para-hydroxylation sites is 2. The van der Waals surface area contributed by atoms with E-state index in [2.05, 4.69) is 19.9 Å². The number of benzene rings is 1. The average Bonchev–Trinajstić information content (AvgIpc) is 3.15. The van der Waals surface area contributed by atoms with Crippen molar-refractivity contribution in [3.8, 4) is 0 Å². The Morgan fingerprint density at radius 1 is 1.04 bits per heavy atom. The van der Waals surface area contributed by atoms with Crippen molar-refractivity contribution in [2.45, 2.75) is 0 Å². The molecular weight excluding hydrogens is 310 g/mol. The number of carbonyl (C=O) groups is 1. The van der Waals surface area contributed by atoms with Crippen LogP contribution in [0.15, 0.2) is 42.0 Å². The lowest BCUT2D eigenvalue weighted by atomic mass is 10.2. The Kier molecular flexibility index (Phi) is 3.63. The molecule has 6 nitrogen and oxygen atoms in total. The van der Waals surface area contributed by atoms with Crippen LogP contribution in [-0.4, -0.2) is 51.9 Å². The van der Waals surface area contributed by atoms with Crippen LogP contribution in [0.5, 0.6) is 0 Å². The summed E-state index contributed by atoms with van der Waals surface area (Å²) in [4.78, 5) is 29.8. The maximum atomic E-state index is 12.6. The summed E-state index contributed by atoms with van der Waals surface area (Å²) in [6, 6.07) is 7.58. The van der Waals surface area contributed by atoms with E-state index in [-0.39, 0.29) is 5.91 Å². The second-order valence-electron chi connectivity index (χ2n) is 5.34. The van der Waals surface area contributed by atoms with E-state index < -0.39 is 0 Å². The predicted molar refractivity (Wildman–Crippen MR) is 89.8 cm³/mol. The van der Waals surface area contributed by atoms with E-state index in [4.69, 9.17) is 0 Å². The summed E-state index contributed by atoms with van der Waals surface area (Å²) < 4.78 is 0. The zero-order chi connectivity index (χ0) is 15.6. The number of fused-ring (bicyclic) bond motifs is 1. The van der Waals surface area contributed by atoms with Gasteiger partial charge in [-0.15, -0.1) is 11.3 Å². The Balaban J connectivity index is 1.48. The summed E-state index contributed by atoms with van der Waals surface area (Å²) in [5.74, 6) is -0.0537. The molecule has 1 aliphatic rings. The normalized spacial score (nSPS) is 15.1. The first-order valence-corrected chi connectivity index (χ1v) is 8.35. The summed E-state index contributed by atoms with van der Waals surface area (Å²) >= 11 is 1.63. The average molecular weight is 325 g/mol. The molecule has 0 unspecified atom stereocenters. The summed E-state index contributed by atoms with van der Waals surface area (Å²) in [7, 11) is 0. The number of nitrogens with zero attached hydrogens (tertiary/aromatic N) is 5. The number of hydrogen-bond acceptors (Lipinski definition) is 6. The summed E-state index contributed by atoms with van der Waals surface area (Å²) in [6.45, 7) is 2.93. The Morgan fingerprint density at radius 3 is 2.57 bits per heavy atom. The summed E-state index contributed by atoms with van der Waals surface area (Å²) in [6.07, 6.45) is 3.38. The van der Waals surface area contributed by atoms with Gasteiger partial charge in [0.2, 0.25) is 0 Å². The van der Waals surface area contributed by atoms with Crippen molar-refractivity contribution in [1.82, 2.24) is 19.9 Å². The largest absolute Gasteiger partial charge is 0.345 e.